The summed E-state index contributed by atoms with van der Waals surface area (Å²) in [5, 5.41) is 15.3. The van der Waals surface area contributed by atoms with Crippen LogP contribution in [0.4, 0.5) is 0 Å². The monoisotopic (exact) mass is 316 g/mol. The average molecular weight is 316 g/mol. The number of amides is 1. The van der Waals surface area contributed by atoms with Crippen molar-refractivity contribution in [3.63, 3.8) is 0 Å². The van der Waals surface area contributed by atoms with Crippen molar-refractivity contribution in [1.82, 2.24) is 10.3 Å². The minimum absolute atomic E-state index is 0.157. The molecule has 1 amide bonds. The van der Waals surface area contributed by atoms with Crippen LogP contribution in [0.1, 0.15) is 35.3 Å². The van der Waals surface area contributed by atoms with Gasteiger partial charge in [-0.2, -0.15) is 0 Å². The highest BCUT2D eigenvalue weighted by atomic mass is 32.1. The molecule has 2 aromatic rings. The summed E-state index contributed by atoms with van der Waals surface area (Å²) in [4.78, 5) is 16.6. The van der Waals surface area contributed by atoms with Gasteiger partial charge in [0.25, 0.3) is 5.91 Å². The molecule has 0 aliphatic heterocycles. The summed E-state index contributed by atoms with van der Waals surface area (Å²) in [7, 11) is 0. The molecule has 0 radical (unpaired) electrons. The summed E-state index contributed by atoms with van der Waals surface area (Å²) in [5.74, 6) is 0.0219. The fourth-order valence-electron chi connectivity index (χ4n) is 2.88. The van der Waals surface area contributed by atoms with Crippen molar-refractivity contribution < 1.29 is 9.90 Å². The van der Waals surface area contributed by atoms with E-state index in [0.29, 0.717) is 12.2 Å². The van der Waals surface area contributed by atoms with E-state index in [1.807, 2.05) is 31.2 Å². The van der Waals surface area contributed by atoms with Gasteiger partial charge in [0.15, 0.2) is 0 Å². The lowest BCUT2D eigenvalue weighted by Gasteiger charge is -2.14. The van der Waals surface area contributed by atoms with Crippen molar-refractivity contribution in [1.29, 1.82) is 0 Å². The predicted molar refractivity (Wildman–Crippen MR) is 88.0 cm³/mol. The Morgan fingerprint density at radius 2 is 2.23 bits per heavy atom. The van der Waals surface area contributed by atoms with Crippen LogP contribution in [-0.4, -0.2) is 28.6 Å². The van der Waals surface area contributed by atoms with Crippen molar-refractivity contribution in [3.05, 3.63) is 40.9 Å². The van der Waals surface area contributed by atoms with Crippen LogP contribution in [0.2, 0.25) is 0 Å². The second-order valence-electron chi connectivity index (χ2n) is 5.82. The Kier molecular flexibility index (Phi) is 4.55. The molecule has 2 N–H and O–H groups in total. The molecule has 116 valence electrons. The van der Waals surface area contributed by atoms with E-state index >= 15 is 0 Å². The van der Waals surface area contributed by atoms with Crippen molar-refractivity contribution in [2.75, 3.05) is 6.54 Å². The Bertz CT molecular complexity index is 668. The number of aliphatic hydroxyl groups is 1. The number of carbonyl (C=O) groups is 1. The minimum Gasteiger partial charge on any atom is -0.393 e. The van der Waals surface area contributed by atoms with E-state index in [2.05, 4.69) is 10.3 Å². The molecule has 0 spiro atoms. The molecule has 1 saturated carbocycles. The van der Waals surface area contributed by atoms with Gasteiger partial charge in [-0.1, -0.05) is 30.7 Å². The first-order chi connectivity index (χ1) is 10.6. The van der Waals surface area contributed by atoms with Gasteiger partial charge in [-0.3, -0.25) is 4.79 Å². The number of hydrogen-bond acceptors (Lipinski definition) is 4. The second kappa shape index (κ2) is 6.58. The highest BCUT2D eigenvalue weighted by molar-refractivity contribution is 7.13. The summed E-state index contributed by atoms with van der Waals surface area (Å²) in [5.41, 5.74) is 2.67. The lowest BCUT2D eigenvalue weighted by Crippen LogP contribution is -2.32. The van der Waals surface area contributed by atoms with Crippen LogP contribution < -0.4 is 5.32 Å². The molecular weight excluding hydrogens is 296 g/mol. The Balaban J connectivity index is 1.66. The van der Waals surface area contributed by atoms with Crippen LogP contribution in [0.5, 0.6) is 0 Å². The predicted octanol–water partition coefficient (Wildman–Crippen LogP) is 3.01. The zero-order valence-corrected chi connectivity index (χ0v) is 13.4. The Morgan fingerprint density at radius 1 is 1.41 bits per heavy atom. The topological polar surface area (TPSA) is 62.2 Å². The number of aryl methyl sites for hydroxylation is 1. The van der Waals surface area contributed by atoms with E-state index in [-0.39, 0.29) is 17.9 Å². The van der Waals surface area contributed by atoms with Gasteiger partial charge >= 0.3 is 0 Å². The highest BCUT2D eigenvalue weighted by Gasteiger charge is 2.25. The molecular formula is C17H20N2O2S. The van der Waals surface area contributed by atoms with Gasteiger partial charge in [0.1, 0.15) is 10.7 Å². The largest absolute Gasteiger partial charge is 0.393 e. The number of nitrogens with one attached hydrogen (secondary N) is 1. The quantitative estimate of drug-likeness (QED) is 0.911. The number of aromatic nitrogens is 1. The molecule has 0 bridgehead atoms. The van der Waals surface area contributed by atoms with Gasteiger partial charge in [-0.25, -0.2) is 4.98 Å². The molecule has 2 atom stereocenters. The summed E-state index contributed by atoms with van der Waals surface area (Å²) in [6.07, 6.45) is 2.58. The van der Waals surface area contributed by atoms with Crippen molar-refractivity contribution >= 4 is 17.2 Å². The van der Waals surface area contributed by atoms with Crippen molar-refractivity contribution in [2.45, 2.75) is 32.3 Å². The van der Waals surface area contributed by atoms with Crippen LogP contribution in [0, 0.1) is 12.8 Å². The van der Waals surface area contributed by atoms with E-state index in [9.17, 15) is 9.90 Å². The molecule has 1 aromatic carbocycles. The number of thiazole rings is 1. The maximum Gasteiger partial charge on any atom is 0.270 e. The Morgan fingerprint density at radius 3 is 2.95 bits per heavy atom. The summed E-state index contributed by atoms with van der Waals surface area (Å²) in [6, 6.07) is 8.03. The summed E-state index contributed by atoms with van der Waals surface area (Å²) >= 11 is 1.48. The van der Waals surface area contributed by atoms with Crippen molar-refractivity contribution in [2.24, 2.45) is 5.92 Å². The first-order valence-electron chi connectivity index (χ1n) is 7.63. The number of benzene rings is 1. The fourth-order valence-corrected chi connectivity index (χ4v) is 3.77. The van der Waals surface area contributed by atoms with Crippen LogP contribution in [0.15, 0.2) is 29.6 Å². The molecule has 4 nitrogen and oxygen atoms in total. The van der Waals surface area contributed by atoms with E-state index in [1.165, 1.54) is 11.3 Å². The third-order valence-corrected chi connectivity index (χ3v) is 5.13. The summed E-state index contributed by atoms with van der Waals surface area (Å²) < 4.78 is 0. The molecule has 2 unspecified atom stereocenters. The first kappa shape index (κ1) is 15.2. The number of carbonyl (C=O) groups excluding carboxylic acids is 1. The van der Waals surface area contributed by atoms with Gasteiger partial charge in [0.05, 0.1) is 6.10 Å². The molecule has 3 rings (SSSR count). The fraction of sp³-hybridized carbons (Fsp3) is 0.412. The minimum atomic E-state index is -0.279. The Hall–Kier alpha value is -1.72. The number of aliphatic hydroxyl groups excluding tert-OH is 1. The second-order valence-corrected chi connectivity index (χ2v) is 6.68. The number of rotatable bonds is 4. The molecule has 1 fully saturated rings. The average Bonchev–Trinajstić information content (AvgIpc) is 3.14. The van der Waals surface area contributed by atoms with E-state index in [4.69, 9.17) is 0 Å². The normalized spacial score (nSPS) is 21.0. The zero-order chi connectivity index (χ0) is 15.5. The van der Waals surface area contributed by atoms with Gasteiger partial charge in [0, 0.05) is 23.4 Å². The molecule has 22 heavy (non-hydrogen) atoms. The van der Waals surface area contributed by atoms with Crippen LogP contribution in [-0.2, 0) is 0 Å². The molecule has 1 heterocycles. The van der Waals surface area contributed by atoms with Crippen LogP contribution in [0.3, 0.4) is 0 Å². The summed E-state index contributed by atoms with van der Waals surface area (Å²) in [6.45, 7) is 2.56. The maximum atomic E-state index is 12.2. The van der Waals surface area contributed by atoms with Crippen LogP contribution >= 0.6 is 11.3 Å². The van der Waals surface area contributed by atoms with Gasteiger partial charge in [-0.05, 0) is 25.3 Å². The Labute approximate surface area is 134 Å². The van der Waals surface area contributed by atoms with Gasteiger partial charge < -0.3 is 10.4 Å². The van der Waals surface area contributed by atoms with Gasteiger partial charge in [0.2, 0.25) is 0 Å². The van der Waals surface area contributed by atoms with E-state index in [1.54, 1.807) is 5.38 Å². The smallest absolute Gasteiger partial charge is 0.270 e. The molecule has 5 heteroatoms. The van der Waals surface area contributed by atoms with E-state index < -0.39 is 0 Å². The third kappa shape index (κ3) is 3.20. The maximum absolute atomic E-state index is 12.2. The standard InChI is InChI=1S/C17H20N2O2S/c1-11-5-2-3-7-13(11)17-19-14(10-22-17)16(21)18-9-12-6-4-8-15(12)20/h2-3,5,7,10,12,15,20H,4,6,8-9H2,1H3,(H,18,21). The lowest BCUT2D eigenvalue weighted by molar-refractivity contribution is 0.0912. The van der Waals surface area contributed by atoms with E-state index in [0.717, 1.165) is 35.4 Å². The zero-order valence-electron chi connectivity index (χ0n) is 12.6. The number of hydrogen-bond donors (Lipinski definition) is 2. The highest BCUT2D eigenvalue weighted by Crippen LogP contribution is 2.27. The molecule has 0 saturated heterocycles. The molecule has 1 aromatic heterocycles. The number of nitrogens with zero attached hydrogens (tertiary/aromatic N) is 1. The van der Waals surface area contributed by atoms with Crippen LogP contribution in [0.25, 0.3) is 10.6 Å². The third-order valence-electron chi connectivity index (χ3n) is 4.26. The van der Waals surface area contributed by atoms with Gasteiger partial charge in [-0.15, -0.1) is 11.3 Å². The molecule has 1 aliphatic rings. The van der Waals surface area contributed by atoms with Crippen molar-refractivity contribution in [3.8, 4) is 10.6 Å². The molecule has 1 aliphatic carbocycles. The SMILES string of the molecule is Cc1ccccc1-c1nc(C(=O)NCC2CCCC2O)cs1. The lowest BCUT2D eigenvalue weighted by atomic mass is 10.1. The first-order valence-corrected chi connectivity index (χ1v) is 8.51.